The lowest BCUT2D eigenvalue weighted by Crippen LogP contribution is -2.00. The predicted molar refractivity (Wildman–Crippen MR) is 75.4 cm³/mol. The molecule has 1 aromatic heterocycles. The number of hydrogen-bond donors (Lipinski definition) is 1. The van der Waals surface area contributed by atoms with Crippen LogP contribution in [0.15, 0.2) is 18.2 Å². The second-order valence-electron chi connectivity index (χ2n) is 3.70. The van der Waals surface area contributed by atoms with Gasteiger partial charge in [0.15, 0.2) is 0 Å². The number of rotatable bonds is 3. The van der Waals surface area contributed by atoms with Crippen molar-refractivity contribution in [2.24, 2.45) is 0 Å². The number of benzene rings is 1. The summed E-state index contributed by atoms with van der Waals surface area (Å²) in [5.41, 5.74) is 1.85. The molecular formula is C12H12Cl2N2S. The van der Waals surface area contributed by atoms with Crippen molar-refractivity contribution in [1.29, 1.82) is 0 Å². The number of para-hydroxylation sites is 1. The Bertz CT molecular complexity index is 498. The van der Waals surface area contributed by atoms with E-state index in [1.807, 2.05) is 25.1 Å². The molecule has 17 heavy (non-hydrogen) atoms. The summed E-state index contributed by atoms with van der Waals surface area (Å²) >= 11 is 13.8. The number of nitrogens with zero attached hydrogens (tertiary/aromatic N) is 1. The van der Waals surface area contributed by atoms with Crippen molar-refractivity contribution in [1.82, 2.24) is 4.98 Å². The van der Waals surface area contributed by atoms with E-state index >= 15 is 0 Å². The van der Waals surface area contributed by atoms with Gasteiger partial charge in [0.25, 0.3) is 0 Å². The van der Waals surface area contributed by atoms with Crippen molar-refractivity contribution in [3.63, 3.8) is 0 Å². The lowest BCUT2D eigenvalue weighted by atomic mass is 10.3. The summed E-state index contributed by atoms with van der Waals surface area (Å²) in [5.74, 6) is 0. The standard InChI is InChI=1S/C12H12Cl2N2S/c1-7-8(2)17-11(16-7)6-15-12-9(13)4-3-5-10(12)14/h3-5,15H,6H2,1-2H3. The smallest absolute Gasteiger partial charge is 0.112 e. The van der Waals surface area contributed by atoms with Crippen LogP contribution in [0.25, 0.3) is 0 Å². The molecule has 0 aliphatic heterocycles. The van der Waals surface area contributed by atoms with Gasteiger partial charge in [0.2, 0.25) is 0 Å². The summed E-state index contributed by atoms with van der Waals surface area (Å²) in [5, 5.41) is 5.51. The topological polar surface area (TPSA) is 24.9 Å². The Balaban J connectivity index is 2.12. The highest BCUT2D eigenvalue weighted by molar-refractivity contribution is 7.11. The number of halogens is 2. The number of anilines is 1. The van der Waals surface area contributed by atoms with Crippen LogP contribution >= 0.6 is 34.5 Å². The molecule has 0 unspecified atom stereocenters. The molecule has 2 rings (SSSR count). The Labute approximate surface area is 115 Å². The van der Waals surface area contributed by atoms with Crippen LogP contribution in [0.3, 0.4) is 0 Å². The van der Waals surface area contributed by atoms with Gasteiger partial charge in [-0.15, -0.1) is 11.3 Å². The molecular weight excluding hydrogens is 275 g/mol. The van der Waals surface area contributed by atoms with Crippen molar-refractivity contribution in [2.45, 2.75) is 20.4 Å². The first kappa shape index (κ1) is 12.7. The molecule has 1 N–H and O–H groups in total. The first-order chi connectivity index (χ1) is 8.08. The number of thiazole rings is 1. The zero-order valence-electron chi connectivity index (χ0n) is 9.55. The average Bonchev–Trinajstić information content (AvgIpc) is 2.58. The summed E-state index contributed by atoms with van der Waals surface area (Å²) in [4.78, 5) is 5.70. The first-order valence-corrected chi connectivity index (χ1v) is 6.76. The van der Waals surface area contributed by atoms with E-state index < -0.39 is 0 Å². The highest BCUT2D eigenvalue weighted by Crippen LogP contribution is 2.30. The molecule has 2 aromatic rings. The zero-order chi connectivity index (χ0) is 12.4. The zero-order valence-corrected chi connectivity index (χ0v) is 11.9. The third-order valence-corrected chi connectivity index (χ3v) is 4.15. The average molecular weight is 287 g/mol. The Hall–Kier alpha value is -0.770. The second-order valence-corrected chi connectivity index (χ2v) is 5.80. The Morgan fingerprint density at radius 1 is 1.24 bits per heavy atom. The molecule has 5 heteroatoms. The van der Waals surface area contributed by atoms with Crippen molar-refractivity contribution >= 4 is 40.2 Å². The van der Waals surface area contributed by atoms with E-state index in [9.17, 15) is 0 Å². The van der Waals surface area contributed by atoms with Gasteiger partial charge in [0.05, 0.1) is 28.0 Å². The molecule has 0 aliphatic carbocycles. The van der Waals surface area contributed by atoms with Gasteiger partial charge in [-0.25, -0.2) is 4.98 Å². The molecule has 0 atom stereocenters. The molecule has 0 fully saturated rings. The van der Waals surface area contributed by atoms with E-state index in [4.69, 9.17) is 23.2 Å². The largest absolute Gasteiger partial charge is 0.376 e. The summed E-state index contributed by atoms with van der Waals surface area (Å²) in [6.45, 7) is 4.72. The summed E-state index contributed by atoms with van der Waals surface area (Å²) in [7, 11) is 0. The van der Waals surface area contributed by atoms with Crippen LogP contribution in [0.4, 0.5) is 5.69 Å². The molecule has 0 saturated carbocycles. The third-order valence-electron chi connectivity index (χ3n) is 2.45. The molecule has 1 heterocycles. The highest BCUT2D eigenvalue weighted by Gasteiger charge is 2.07. The molecule has 0 amide bonds. The molecule has 1 aromatic carbocycles. The minimum atomic E-state index is 0.627. The summed E-state index contributed by atoms with van der Waals surface area (Å²) in [6.07, 6.45) is 0. The number of nitrogens with one attached hydrogen (secondary N) is 1. The fourth-order valence-corrected chi connectivity index (χ4v) is 2.85. The minimum absolute atomic E-state index is 0.627. The maximum absolute atomic E-state index is 6.07. The quantitative estimate of drug-likeness (QED) is 0.886. The van der Waals surface area contributed by atoms with Crippen LogP contribution in [0.1, 0.15) is 15.6 Å². The maximum atomic E-state index is 6.07. The third kappa shape index (κ3) is 2.92. The van der Waals surface area contributed by atoms with Gasteiger partial charge >= 0.3 is 0 Å². The molecule has 0 bridgehead atoms. The van der Waals surface area contributed by atoms with Crippen LogP contribution < -0.4 is 5.32 Å². The van der Waals surface area contributed by atoms with E-state index in [1.54, 1.807) is 11.3 Å². The fraction of sp³-hybridized carbons (Fsp3) is 0.250. The van der Waals surface area contributed by atoms with E-state index in [-0.39, 0.29) is 0 Å². The van der Waals surface area contributed by atoms with E-state index in [1.165, 1.54) is 4.88 Å². The molecule has 0 saturated heterocycles. The summed E-state index contributed by atoms with van der Waals surface area (Å²) < 4.78 is 0. The first-order valence-electron chi connectivity index (χ1n) is 5.18. The lowest BCUT2D eigenvalue weighted by molar-refractivity contribution is 1.07. The molecule has 0 aliphatic rings. The van der Waals surface area contributed by atoms with E-state index in [0.717, 1.165) is 16.4 Å². The fourth-order valence-electron chi connectivity index (χ4n) is 1.45. The predicted octanol–water partition coefficient (Wildman–Crippen LogP) is 4.68. The van der Waals surface area contributed by atoms with Crippen LogP contribution in [-0.4, -0.2) is 4.98 Å². The maximum Gasteiger partial charge on any atom is 0.112 e. The van der Waals surface area contributed by atoms with Crippen LogP contribution in [0.5, 0.6) is 0 Å². The van der Waals surface area contributed by atoms with Crippen LogP contribution in [0.2, 0.25) is 10.0 Å². The second kappa shape index (κ2) is 5.25. The van der Waals surface area contributed by atoms with Gasteiger partial charge in [0, 0.05) is 4.88 Å². The van der Waals surface area contributed by atoms with Crippen LogP contribution in [-0.2, 0) is 6.54 Å². The summed E-state index contributed by atoms with van der Waals surface area (Å²) in [6, 6.07) is 5.45. The van der Waals surface area contributed by atoms with Gasteiger partial charge in [-0.2, -0.15) is 0 Å². The van der Waals surface area contributed by atoms with Gasteiger partial charge in [-0.3, -0.25) is 0 Å². The van der Waals surface area contributed by atoms with Crippen LogP contribution in [0, 0.1) is 13.8 Å². The Morgan fingerprint density at radius 3 is 2.41 bits per heavy atom. The lowest BCUT2D eigenvalue weighted by Gasteiger charge is -2.08. The van der Waals surface area contributed by atoms with Gasteiger partial charge in [-0.1, -0.05) is 29.3 Å². The molecule has 0 radical (unpaired) electrons. The molecule has 90 valence electrons. The monoisotopic (exact) mass is 286 g/mol. The Morgan fingerprint density at radius 2 is 1.88 bits per heavy atom. The minimum Gasteiger partial charge on any atom is -0.376 e. The molecule has 0 spiro atoms. The van der Waals surface area contributed by atoms with Gasteiger partial charge < -0.3 is 5.32 Å². The van der Waals surface area contributed by atoms with Crippen molar-refractivity contribution in [3.05, 3.63) is 43.8 Å². The van der Waals surface area contributed by atoms with E-state index in [2.05, 4.69) is 17.2 Å². The highest BCUT2D eigenvalue weighted by atomic mass is 35.5. The normalized spacial score (nSPS) is 10.6. The number of aryl methyl sites for hydroxylation is 2. The van der Waals surface area contributed by atoms with E-state index in [0.29, 0.717) is 16.6 Å². The Kier molecular flexibility index (Phi) is 3.92. The number of aromatic nitrogens is 1. The van der Waals surface area contributed by atoms with Gasteiger partial charge in [-0.05, 0) is 26.0 Å². The SMILES string of the molecule is Cc1nc(CNc2c(Cl)cccc2Cl)sc1C. The van der Waals surface area contributed by atoms with Crippen molar-refractivity contribution in [3.8, 4) is 0 Å². The van der Waals surface area contributed by atoms with Crippen molar-refractivity contribution < 1.29 is 0 Å². The van der Waals surface area contributed by atoms with Crippen molar-refractivity contribution in [2.75, 3.05) is 5.32 Å². The van der Waals surface area contributed by atoms with Gasteiger partial charge in [0.1, 0.15) is 5.01 Å². The number of hydrogen-bond acceptors (Lipinski definition) is 3. The molecule has 2 nitrogen and oxygen atoms in total.